The van der Waals surface area contributed by atoms with E-state index in [0.29, 0.717) is 6.61 Å². The highest BCUT2D eigenvalue weighted by Crippen LogP contribution is 2.14. The van der Waals surface area contributed by atoms with E-state index in [1.807, 2.05) is 42.5 Å². The van der Waals surface area contributed by atoms with E-state index in [9.17, 15) is 4.79 Å². The molecule has 0 radical (unpaired) electrons. The maximum absolute atomic E-state index is 10.4. The van der Waals surface area contributed by atoms with Gasteiger partial charge in [-0.25, -0.2) is 4.79 Å². The van der Waals surface area contributed by atoms with Crippen molar-refractivity contribution in [1.82, 2.24) is 0 Å². The Hall–Kier alpha value is -2.55. The Labute approximate surface area is 124 Å². The molecule has 0 amide bonds. The predicted molar refractivity (Wildman–Crippen MR) is 83.4 cm³/mol. The molecule has 0 aromatic heterocycles. The van der Waals surface area contributed by atoms with Crippen molar-refractivity contribution in [3.63, 3.8) is 0 Å². The number of aliphatic carboxylic acids is 1. The summed E-state index contributed by atoms with van der Waals surface area (Å²) < 4.78 is 5.67. The van der Waals surface area contributed by atoms with Gasteiger partial charge in [0.25, 0.3) is 0 Å². The zero-order chi connectivity index (χ0) is 14.9. The lowest BCUT2D eigenvalue weighted by molar-refractivity contribution is -0.131. The molecule has 0 saturated carbocycles. The van der Waals surface area contributed by atoms with Crippen LogP contribution in [0.5, 0.6) is 5.75 Å². The van der Waals surface area contributed by atoms with Crippen molar-refractivity contribution < 1.29 is 14.6 Å². The minimum Gasteiger partial charge on any atom is -0.494 e. The average Bonchev–Trinajstić information content (AvgIpc) is 2.52. The zero-order valence-electron chi connectivity index (χ0n) is 11.7. The van der Waals surface area contributed by atoms with Gasteiger partial charge in [-0.15, -0.1) is 0 Å². The highest BCUT2D eigenvalue weighted by molar-refractivity contribution is 5.85. The Morgan fingerprint density at radius 1 is 1.05 bits per heavy atom. The van der Waals surface area contributed by atoms with Crippen LogP contribution in [0.4, 0.5) is 0 Å². The molecule has 0 unspecified atom stereocenters. The first-order valence-corrected chi connectivity index (χ1v) is 6.92. The van der Waals surface area contributed by atoms with Crippen molar-refractivity contribution in [2.45, 2.75) is 12.8 Å². The molecule has 0 bridgehead atoms. The molecule has 0 fully saturated rings. The molecule has 21 heavy (non-hydrogen) atoms. The molecule has 2 rings (SSSR count). The summed E-state index contributed by atoms with van der Waals surface area (Å²) in [5.41, 5.74) is 2.16. The normalized spacial score (nSPS) is 10.7. The second kappa shape index (κ2) is 7.90. The number of aryl methyl sites for hydroxylation is 1. The summed E-state index contributed by atoms with van der Waals surface area (Å²) in [4.78, 5) is 10.4. The molecule has 108 valence electrons. The summed E-state index contributed by atoms with van der Waals surface area (Å²) in [6.45, 7) is 0.666. The summed E-state index contributed by atoms with van der Waals surface area (Å²) >= 11 is 0. The topological polar surface area (TPSA) is 46.5 Å². The number of rotatable bonds is 7. The fourth-order valence-electron chi connectivity index (χ4n) is 1.95. The van der Waals surface area contributed by atoms with Crippen LogP contribution in [0.25, 0.3) is 6.08 Å². The zero-order valence-corrected chi connectivity index (χ0v) is 11.7. The standard InChI is InChI=1S/C18H18O3/c19-18(20)13-10-16-8-11-17(12-9-16)21-14-4-7-15-5-2-1-3-6-15/h1-3,5-6,8-13H,4,7,14H2,(H,19,20)/b13-10+. The number of ether oxygens (including phenoxy) is 1. The predicted octanol–water partition coefficient (Wildman–Crippen LogP) is 3.80. The summed E-state index contributed by atoms with van der Waals surface area (Å²) in [5, 5.41) is 8.56. The molecule has 3 nitrogen and oxygen atoms in total. The second-order valence-corrected chi connectivity index (χ2v) is 4.68. The molecular weight excluding hydrogens is 264 g/mol. The SMILES string of the molecule is O=C(O)/C=C/c1ccc(OCCCc2ccccc2)cc1. The van der Waals surface area contributed by atoms with Crippen LogP contribution in [0.3, 0.4) is 0 Å². The van der Waals surface area contributed by atoms with Crippen molar-refractivity contribution in [3.8, 4) is 5.75 Å². The first kappa shape index (κ1) is 14.9. The number of carboxylic acid groups (broad SMARTS) is 1. The van der Waals surface area contributed by atoms with Gasteiger partial charge in [0, 0.05) is 6.08 Å². The third-order valence-electron chi connectivity index (χ3n) is 3.02. The van der Waals surface area contributed by atoms with E-state index in [1.165, 1.54) is 5.56 Å². The first-order chi connectivity index (χ1) is 10.2. The highest BCUT2D eigenvalue weighted by Gasteiger charge is 1.96. The van der Waals surface area contributed by atoms with Crippen molar-refractivity contribution in [3.05, 3.63) is 71.8 Å². The molecule has 0 aliphatic rings. The third-order valence-corrected chi connectivity index (χ3v) is 3.02. The molecule has 2 aromatic carbocycles. The Bertz CT molecular complexity index is 586. The molecule has 3 heteroatoms. The van der Waals surface area contributed by atoms with E-state index in [2.05, 4.69) is 12.1 Å². The van der Waals surface area contributed by atoms with Crippen molar-refractivity contribution in [2.75, 3.05) is 6.61 Å². The van der Waals surface area contributed by atoms with Gasteiger partial charge < -0.3 is 9.84 Å². The first-order valence-electron chi connectivity index (χ1n) is 6.92. The smallest absolute Gasteiger partial charge is 0.328 e. The van der Waals surface area contributed by atoms with Crippen molar-refractivity contribution in [1.29, 1.82) is 0 Å². The Kier molecular flexibility index (Phi) is 5.59. The molecule has 0 heterocycles. The molecule has 0 aliphatic heterocycles. The Morgan fingerprint density at radius 3 is 2.43 bits per heavy atom. The molecule has 0 saturated heterocycles. The van der Waals surface area contributed by atoms with Crippen LogP contribution < -0.4 is 4.74 Å². The van der Waals surface area contributed by atoms with Gasteiger partial charge in [-0.05, 0) is 42.2 Å². The number of carbonyl (C=O) groups is 1. The van der Waals surface area contributed by atoms with Gasteiger partial charge >= 0.3 is 5.97 Å². The van der Waals surface area contributed by atoms with Gasteiger partial charge in [-0.3, -0.25) is 0 Å². The number of hydrogen-bond acceptors (Lipinski definition) is 2. The summed E-state index contributed by atoms with van der Waals surface area (Å²) in [6.07, 6.45) is 4.64. The van der Waals surface area contributed by atoms with Crippen LogP contribution in [-0.4, -0.2) is 17.7 Å². The lowest BCUT2D eigenvalue weighted by Gasteiger charge is -2.06. The minimum atomic E-state index is -0.948. The number of hydrogen-bond donors (Lipinski definition) is 1. The van der Waals surface area contributed by atoms with Crippen LogP contribution in [0, 0.1) is 0 Å². The number of benzene rings is 2. The van der Waals surface area contributed by atoms with E-state index < -0.39 is 5.97 Å². The molecule has 0 aliphatic carbocycles. The third kappa shape index (κ3) is 5.53. The van der Waals surface area contributed by atoms with Crippen molar-refractivity contribution >= 4 is 12.0 Å². The lowest BCUT2D eigenvalue weighted by Crippen LogP contribution is -1.99. The lowest BCUT2D eigenvalue weighted by atomic mass is 10.1. The average molecular weight is 282 g/mol. The maximum atomic E-state index is 10.4. The van der Waals surface area contributed by atoms with Crippen LogP contribution in [-0.2, 0) is 11.2 Å². The van der Waals surface area contributed by atoms with E-state index in [-0.39, 0.29) is 0 Å². The van der Waals surface area contributed by atoms with Crippen LogP contribution in [0.1, 0.15) is 17.5 Å². The highest BCUT2D eigenvalue weighted by atomic mass is 16.5. The van der Waals surface area contributed by atoms with Crippen molar-refractivity contribution in [2.24, 2.45) is 0 Å². The maximum Gasteiger partial charge on any atom is 0.328 e. The monoisotopic (exact) mass is 282 g/mol. The molecule has 0 spiro atoms. The van der Waals surface area contributed by atoms with E-state index in [1.54, 1.807) is 6.08 Å². The van der Waals surface area contributed by atoms with E-state index >= 15 is 0 Å². The summed E-state index contributed by atoms with van der Waals surface area (Å²) in [6, 6.07) is 17.7. The van der Waals surface area contributed by atoms with Gasteiger partial charge in [-0.2, -0.15) is 0 Å². The minimum absolute atomic E-state index is 0.666. The van der Waals surface area contributed by atoms with Gasteiger partial charge in [0.1, 0.15) is 5.75 Å². The number of carboxylic acids is 1. The second-order valence-electron chi connectivity index (χ2n) is 4.68. The van der Waals surface area contributed by atoms with Gasteiger partial charge in [0.2, 0.25) is 0 Å². The summed E-state index contributed by atoms with van der Waals surface area (Å²) in [5.74, 6) is -0.147. The molecule has 1 N–H and O–H groups in total. The Morgan fingerprint density at radius 2 is 1.76 bits per heavy atom. The summed E-state index contributed by atoms with van der Waals surface area (Å²) in [7, 11) is 0. The van der Waals surface area contributed by atoms with Crippen LogP contribution in [0.2, 0.25) is 0 Å². The van der Waals surface area contributed by atoms with E-state index in [0.717, 1.165) is 30.2 Å². The van der Waals surface area contributed by atoms with E-state index in [4.69, 9.17) is 9.84 Å². The molecule has 0 atom stereocenters. The van der Waals surface area contributed by atoms with Crippen LogP contribution in [0.15, 0.2) is 60.7 Å². The van der Waals surface area contributed by atoms with Gasteiger partial charge in [0.15, 0.2) is 0 Å². The fourth-order valence-corrected chi connectivity index (χ4v) is 1.95. The van der Waals surface area contributed by atoms with Gasteiger partial charge in [-0.1, -0.05) is 42.5 Å². The Balaban J connectivity index is 1.75. The van der Waals surface area contributed by atoms with Gasteiger partial charge in [0.05, 0.1) is 6.61 Å². The quantitative estimate of drug-likeness (QED) is 0.620. The molecular formula is C18H18O3. The molecule has 2 aromatic rings. The largest absolute Gasteiger partial charge is 0.494 e. The fraction of sp³-hybridized carbons (Fsp3) is 0.167. The van der Waals surface area contributed by atoms with Crippen LogP contribution >= 0.6 is 0 Å².